The molecule has 0 saturated carbocycles. The third-order valence-corrected chi connectivity index (χ3v) is 3.86. The van der Waals surface area contributed by atoms with E-state index in [4.69, 9.17) is 5.73 Å². The highest BCUT2D eigenvalue weighted by Crippen LogP contribution is 2.20. The van der Waals surface area contributed by atoms with Gasteiger partial charge in [-0.1, -0.05) is 12.1 Å². The molecule has 0 aliphatic carbocycles. The number of aromatic amines is 1. The lowest BCUT2D eigenvalue weighted by Crippen LogP contribution is -2.16. The Morgan fingerprint density at radius 1 is 1.45 bits per heavy atom. The van der Waals surface area contributed by atoms with E-state index in [9.17, 15) is 12.8 Å². The number of aromatic nitrogens is 2. The molecule has 0 spiro atoms. The molecule has 1 heterocycles. The molecule has 0 fully saturated rings. The van der Waals surface area contributed by atoms with Crippen LogP contribution >= 0.6 is 0 Å². The van der Waals surface area contributed by atoms with Crippen molar-refractivity contribution in [3.05, 3.63) is 42.1 Å². The summed E-state index contributed by atoms with van der Waals surface area (Å²) in [4.78, 5) is 7.12. The van der Waals surface area contributed by atoms with Crippen molar-refractivity contribution in [1.29, 1.82) is 0 Å². The third kappa shape index (κ3) is 3.88. The van der Waals surface area contributed by atoms with Crippen LogP contribution in [-0.4, -0.2) is 30.4 Å². The fraction of sp³-hybridized carbons (Fsp3) is 0.308. The topological polar surface area (TPSA) is 88.8 Å². The standard InChI is InChI=1S/C13H16FN3O2S/c1-20(18,19)6-5-11(15)13-16-8-12(17-13)9-3-2-4-10(14)7-9/h2-4,7-8,11H,5-6,15H2,1H3,(H,16,17). The second kappa shape index (κ2) is 5.72. The van der Waals surface area contributed by atoms with E-state index in [1.54, 1.807) is 18.3 Å². The Hall–Kier alpha value is -1.73. The van der Waals surface area contributed by atoms with Crippen LogP contribution < -0.4 is 5.73 Å². The number of nitrogens with two attached hydrogens (primary N) is 1. The van der Waals surface area contributed by atoms with E-state index in [0.717, 1.165) is 0 Å². The van der Waals surface area contributed by atoms with Crippen LogP contribution in [0.5, 0.6) is 0 Å². The molecule has 0 aliphatic heterocycles. The van der Waals surface area contributed by atoms with Gasteiger partial charge in [-0.25, -0.2) is 17.8 Å². The molecule has 0 aliphatic rings. The van der Waals surface area contributed by atoms with Crippen molar-refractivity contribution in [2.75, 3.05) is 12.0 Å². The van der Waals surface area contributed by atoms with Crippen molar-refractivity contribution >= 4 is 9.84 Å². The molecule has 1 atom stereocenters. The maximum absolute atomic E-state index is 13.1. The fourth-order valence-electron chi connectivity index (χ4n) is 1.81. The second-order valence-corrected chi connectivity index (χ2v) is 6.98. The summed E-state index contributed by atoms with van der Waals surface area (Å²) in [6.07, 6.45) is 3.01. The number of imidazole rings is 1. The summed E-state index contributed by atoms with van der Waals surface area (Å²) in [6, 6.07) is 5.61. The average Bonchev–Trinajstić information content (AvgIpc) is 2.84. The molecule has 1 unspecified atom stereocenters. The molecule has 0 saturated heterocycles. The first-order chi connectivity index (χ1) is 9.35. The monoisotopic (exact) mass is 297 g/mol. The van der Waals surface area contributed by atoms with Crippen LogP contribution in [0.2, 0.25) is 0 Å². The SMILES string of the molecule is CS(=O)(=O)CCC(N)c1ncc(-c2cccc(F)c2)[nH]1. The smallest absolute Gasteiger partial charge is 0.147 e. The van der Waals surface area contributed by atoms with E-state index >= 15 is 0 Å². The second-order valence-electron chi connectivity index (χ2n) is 4.72. The molecule has 7 heteroatoms. The average molecular weight is 297 g/mol. The van der Waals surface area contributed by atoms with Crippen LogP contribution in [0.15, 0.2) is 30.5 Å². The molecule has 2 aromatic rings. The first-order valence-electron chi connectivity index (χ1n) is 6.09. The van der Waals surface area contributed by atoms with Gasteiger partial charge in [0.2, 0.25) is 0 Å². The Bertz CT molecular complexity index is 697. The molecule has 1 aromatic carbocycles. The van der Waals surface area contributed by atoms with Crippen molar-refractivity contribution < 1.29 is 12.8 Å². The van der Waals surface area contributed by atoms with Crippen molar-refractivity contribution in [2.24, 2.45) is 5.73 Å². The summed E-state index contributed by atoms with van der Waals surface area (Å²) < 4.78 is 35.4. The quantitative estimate of drug-likeness (QED) is 0.878. The van der Waals surface area contributed by atoms with Gasteiger partial charge in [0.15, 0.2) is 0 Å². The number of nitrogens with one attached hydrogen (secondary N) is 1. The molecule has 0 bridgehead atoms. The van der Waals surface area contributed by atoms with Crippen molar-refractivity contribution in [1.82, 2.24) is 9.97 Å². The number of halogens is 1. The maximum atomic E-state index is 13.1. The summed E-state index contributed by atoms with van der Waals surface area (Å²) in [5.74, 6) is 0.164. The highest BCUT2D eigenvalue weighted by atomic mass is 32.2. The largest absolute Gasteiger partial charge is 0.341 e. The van der Waals surface area contributed by atoms with Gasteiger partial charge in [-0.3, -0.25) is 0 Å². The Morgan fingerprint density at radius 2 is 2.20 bits per heavy atom. The molecule has 3 N–H and O–H groups in total. The normalized spacial score (nSPS) is 13.3. The molecular weight excluding hydrogens is 281 g/mol. The number of benzene rings is 1. The molecule has 5 nitrogen and oxygen atoms in total. The molecular formula is C13H16FN3O2S. The minimum absolute atomic E-state index is 0.00413. The summed E-state index contributed by atoms with van der Waals surface area (Å²) in [6.45, 7) is 0. The maximum Gasteiger partial charge on any atom is 0.147 e. The Labute approximate surface area is 117 Å². The highest BCUT2D eigenvalue weighted by Gasteiger charge is 2.14. The number of sulfone groups is 1. The number of nitrogens with zero attached hydrogens (tertiary/aromatic N) is 1. The van der Waals surface area contributed by atoms with Crippen molar-refractivity contribution in [2.45, 2.75) is 12.5 Å². The molecule has 0 amide bonds. The Balaban J connectivity index is 2.12. The zero-order valence-corrected chi connectivity index (χ0v) is 11.8. The van der Waals surface area contributed by atoms with Gasteiger partial charge in [-0.15, -0.1) is 0 Å². The first-order valence-corrected chi connectivity index (χ1v) is 8.15. The van der Waals surface area contributed by atoms with Gasteiger partial charge in [-0.05, 0) is 18.6 Å². The van der Waals surface area contributed by atoms with E-state index in [1.807, 2.05) is 0 Å². The van der Waals surface area contributed by atoms with Gasteiger partial charge < -0.3 is 10.7 Å². The van der Waals surface area contributed by atoms with Gasteiger partial charge in [0.1, 0.15) is 21.5 Å². The zero-order valence-electron chi connectivity index (χ0n) is 11.0. The van der Waals surface area contributed by atoms with Crippen LogP contribution in [-0.2, 0) is 9.84 Å². The van der Waals surface area contributed by atoms with Gasteiger partial charge >= 0.3 is 0 Å². The van der Waals surface area contributed by atoms with Crippen LogP contribution in [0.25, 0.3) is 11.3 Å². The minimum Gasteiger partial charge on any atom is -0.341 e. The van der Waals surface area contributed by atoms with Crippen LogP contribution in [0.3, 0.4) is 0 Å². The van der Waals surface area contributed by atoms with Gasteiger partial charge in [0, 0.05) is 11.8 Å². The summed E-state index contributed by atoms with van der Waals surface area (Å²) in [5.41, 5.74) is 7.20. The summed E-state index contributed by atoms with van der Waals surface area (Å²) in [7, 11) is -3.05. The lowest BCUT2D eigenvalue weighted by molar-refractivity contribution is 0.587. The molecule has 0 radical (unpaired) electrons. The van der Waals surface area contributed by atoms with Crippen molar-refractivity contribution in [3.63, 3.8) is 0 Å². The van der Waals surface area contributed by atoms with Crippen molar-refractivity contribution in [3.8, 4) is 11.3 Å². The predicted molar refractivity (Wildman–Crippen MR) is 75.2 cm³/mol. The fourth-order valence-corrected chi connectivity index (χ4v) is 2.49. The number of hydrogen-bond donors (Lipinski definition) is 2. The first kappa shape index (κ1) is 14.7. The highest BCUT2D eigenvalue weighted by molar-refractivity contribution is 7.90. The van der Waals surface area contributed by atoms with Crippen LogP contribution in [0.1, 0.15) is 18.3 Å². The van der Waals surface area contributed by atoms with E-state index in [-0.39, 0.29) is 18.0 Å². The van der Waals surface area contributed by atoms with Crippen LogP contribution in [0.4, 0.5) is 4.39 Å². The van der Waals surface area contributed by atoms with E-state index in [0.29, 0.717) is 17.1 Å². The number of H-pyrrole nitrogens is 1. The minimum atomic E-state index is -3.05. The molecule has 2 rings (SSSR count). The lowest BCUT2D eigenvalue weighted by atomic mass is 10.2. The summed E-state index contributed by atoms with van der Waals surface area (Å²) in [5, 5.41) is 0. The van der Waals surface area contributed by atoms with E-state index in [2.05, 4.69) is 9.97 Å². The Morgan fingerprint density at radius 3 is 2.85 bits per heavy atom. The number of rotatable bonds is 5. The van der Waals surface area contributed by atoms with Gasteiger partial charge in [-0.2, -0.15) is 0 Å². The third-order valence-electron chi connectivity index (χ3n) is 2.88. The summed E-state index contributed by atoms with van der Waals surface area (Å²) >= 11 is 0. The molecule has 108 valence electrons. The van der Waals surface area contributed by atoms with Gasteiger partial charge in [0.25, 0.3) is 0 Å². The zero-order chi connectivity index (χ0) is 14.8. The number of hydrogen-bond acceptors (Lipinski definition) is 4. The molecule has 20 heavy (non-hydrogen) atoms. The lowest BCUT2D eigenvalue weighted by Gasteiger charge is -2.07. The van der Waals surface area contributed by atoms with E-state index < -0.39 is 15.9 Å². The Kier molecular flexibility index (Phi) is 4.20. The molecule has 1 aromatic heterocycles. The predicted octanol–water partition coefficient (Wildman–Crippen LogP) is 1.65. The van der Waals surface area contributed by atoms with Crippen LogP contribution in [0, 0.1) is 5.82 Å². The van der Waals surface area contributed by atoms with E-state index in [1.165, 1.54) is 18.4 Å². The van der Waals surface area contributed by atoms with Gasteiger partial charge in [0.05, 0.1) is 23.7 Å².